The van der Waals surface area contributed by atoms with Crippen LogP contribution in [0.15, 0.2) is 29.6 Å². The number of halogens is 1. The van der Waals surface area contributed by atoms with Crippen LogP contribution in [0.4, 0.5) is 4.39 Å². The van der Waals surface area contributed by atoms with Gasteiger partial charge in [-0.05, 0) is 18.6 Å². The fourth-order valence-electron chi connectivity index (χ4n) is 2.07. The maximum absolute atomic E-state index is 13.8. The zero-order valence-electron chi connectivity index (χ0n) is 12.9. The van der Waals surface area contributed by atoms with Crippen LogP contribution in [0.3, 0.4) is 0 Å². The molecular formula is C16H17FN2O3S. The van der Waals surface area contributed by atoms with Crippen LogP contribution >= 0.6 is 11.3 Å². The van der Waals surface area contributed by atoms with Crippen molar-refractivity contribution in [2.45, 2.75) is 19.9 Å². The van der Waals surface area contributed by atoms with E-state index in [1.165, 1.54) is 35.5 Å². The largest absolute Gasteiger partial charge is 0.464 e. The quantitative estimate of drug-likeness (QED) is 0.761. The number of hydrogen-bond donors (Lipinski definition) is 0. The highest BCUT2D eigenvalue weighted by atomic mass is 32.1. The second kappa shape index (κ2) is 7.82. The number of ether oxygens (including phenoxy) is 1. The summed E-state index contributed by atoms with van der Waals surface area (Å²) < 4.78 is 18.4. The molecule has 0 aliphatic rings. The van der Waals surface area contributed by atoms with Crippen molar-refractivity contribution in [2.24, 2.45) is 0 Å². The first-order valence-corrected chi connectivity index (χ1v) is 8.01. The predicted octanol–water partition coefficient (Wildman–Crippen LogP) is 3.12. The number of aromatic nitrogens is 1. The summed E-state index contributed by atoms with van der Waals surface area (Å²) in [5.41, 5.74) is 0.244. The molecule has 0 aliphatic heterocycles. The lowest BCUT2D eigenvalue weighted by Crippen LogP contribution is -2.32. The molecule has 0 fully saturated rings. The predicted molar refractivity (Wildman–Crippen MR) is 84.9 cm³/mol. The lowest BCUT2D eigenvalue weighted by atomic mass is 10.2. The molecule has 0 aliphatic carbocycles. The molecular weight excluding hydrogens is 319 g/mol. The van der Waals surface area contributed by atoms with Crippen molar-refractivity contribution in [1.82, 2.24) is 9.88 Å². The number of thiazole rings is 1. The molecule has 0 unspecified atom stereocenters. The SMILES string of the molecule is CCCN(Cc1nc(C(=O)OC)cs1)C(=O)c1ccccc1F. The second-order valence-corrected chi connectivity index (χ2v) is 5.77. The van der Waals surface area contributed by atoms with Crippen LogP contribution in [-0.4, -0.2) is 35.4 Å². The van der Waals surface area contributed by atoms with Gasteiger partial charge < -0.3 is 9.64 Å². The number of methoxy groups -OCH3 is 1. The number of amides is 1. The zero-order valence-corrected chi connectivity index (χ0v) is 13.7. The van der Waals surface area contributed by atoms with Gasteiger partial charge in [0.2, 0.25) is 0 Å². The van der Waals surface area contributed by atoms with Crippen LogP contribution in [0.2, 0.25) is 0 Å². The molecule has 1 aromatic carbocycles. The van der Waals surface area contributed by atoms with Crippen molar-refractivity contribution in [1.29, 1.82) is 0 Å². The Hall–Kier alpha value is -2.28. The maximum Gasteiger partial charge on any atom is 0.357 e. The average molecular weight is 336 g/mol. The minimum absolute atomic E-state index is 0.0331. The van der Waals surface area contributed by atoms with Crippen molar-refractivity contribution in [2.75, 3.05) is 13.7 Å². The van der Waals surface area contributed by atoms with Gasteiger partial charge in [-0.15, -0.1) is 11.3 Å². The van der Waals surface area contributed by atoms with Crippen molar-refractivity contribution >= 4 is 23.2 Å². The van der Waals surface area contributed by atoms with Crippen molar-refractivity contribution in [3.8, 4) is 0 Å². The molecule has 122 valence electrons. The molecule has 1 amide bonds. The van der Waals surface area contributed by atoms with Crippen LogP contribution in [0, 0.1) is 5.82 Å². The number of hydrogen-bond acceptors (Lipinski definition) is 5. The van der Waals surface area contributed by atoms with Gasteiger partial charge in [0.05, 0.1) is 19.2 Å². The highest BCUT2D eigenvalue weighted by Gasteiger charge is 2.20. The van der Waals surface area contributed by atoms with E-state index in [4.69, 9.17) is 0 Å². The van der Waals surface area contributed by atoms with E-state index in [0.29, 0.717) is 11.6 Å². The van der Waals surface area contributed by atoms with E-state index in [1.54, 1.807) is 17.5 Å². The van der Waals surface area contributed by atoms with Crippen LogP contribution in [0.5, 0.6) is 0 Å². The number of rotatable bonds is 6. The highest BCUT2D eigenvalue weighted by Crippen LogP contribution is 2.17. The summed E-state index contributed by atoms with van der Waals surface area (Å²) in [7, 11) is 1.28. The molecule has 23 heavy (non-hydrogen) atoms. The van der Waals surface area contributed by atoms with Gasteiger partial charge in [0, 0.05) is 11.9 Å². The second-order valence-electron chi connectivity index (χ2n) is 4.82. The smallest absolute Gasteiger partial charge is 0.357 e. The number of carbonyl (C=O) groups is 2. The zero-order chi connectivity index (χ0) is 16.8. The number of benzene rings is 1. The number of carbonyl (C=O) groups excluding carboxylic acids is 2. The normalized spacial score (nSPS) is 10.4. The van der Waals surface area contributed by atoms with Crippen LogP contribution in [-0.2, 0) is 11.3 Å². The van der Waals surface area contributed by atoms with E-state index in [0.717, 1.165) is 6.42 Å². The number of nitrogens with zero attached hydrogens (tertiary/aromatic N) is 2. The Balaban J connectivity index is 2.18. The summed E-state index contributed by atoms with van der Waals surface area (Å²) in [5, 5.41) is 2.18. The van der Waals surface area contributed by atoms with Crippen molar-refractivity contribution < 1.29 is 18.7 Å². The summed E-state index contributed by atoms with van der Waals surface area (Å²) >= 11 is 1.26. The van der Waals surface area contributed by atoms with E-state index in [2.05, 4.69) is 9.72 Å². The van der Waals surface area contributed by atoms with E-state index >= 15 is 0 Å². The van der Waals surface area contributed by atoms with Gasteiger partial charge in [-0.3, -0.25) is 4.79 Å². The van der Waals surface area contributed by atoms with E-state index in [9.17, 15) is 14.0 Å². The Morgan fingerprint density at radius 3 is 2.74 bits per heavy atom. The highest BCUT2D eigenvalue weighted by molar-refractivity contribution is 7.09. The summed E-state index contributed by atoms with van der Waals surface area (Å²) in [6.07, 6.45) is 0.732. The van der Waals surface area contributed by atoms with Crippen LogP contribution in [0.1, 0.15) is 39.2 Å². The lowest BCUT2D eigenvalue weighted by Gasteiger charge is -2.21. The molecule has 0 N–H and O–H groups in total. The van der Waals surface area contributed by atoms with Crippen molar-refractivity contribution in [3.05, 3.63) is 51.7 Å². The molecule has 0 spiro atoms. The topological polar surface area (TPSA) is 59.5 Å². The van der Waals surface area contributed by atoms with Gasteiger partial charge in [0.15, 0.2) is 5.69 Å². The molecule has 2 rings (SSSR count). The molecule has 0 saturated heterocycles. The minimum Gasteiger partial charge on any atom is -0.464 e. The number of esters is 1. The van der Waals surface area contributed by atoms with Gasteiger partial charge in [-0.1, -0.05) is 19.1 Å². The van der Waals surface area contributed by atoms with E-state index < -0.39 is 11.8 Å². The molecule has 0 saturated carbocycles. The standard InChI is InChI=1S/C16H17FN2O3S/c1-3-8-19(15(20)11-6-4-5-7-12(11)17)9-14-18-13(10-23-14)16(21)22-2/h4-7,10H,3,8-9H2,1-2H3. The molecule has 7 heteroatoms. The molecule has 2 aromatic rings. The Morgan fingerprint density at radius 1 is 1.35 bits per heavy atom. The van der Waals surface area contributed by atoms with Crippen LogP contribution in [0.25, 0.3) is 0 Å². The minimum atomic E-state index is -0.548. The third-order valence-electron chi connectivity index (χ3n) is 3.16. The summed E-state index contributed by atoms with van der Waals surface area (Å²) in [6, 6.07) is 5.89. The van der Waals surface area contributed by atoms with E-state index in [-0.39, 0.29) is 23.7 Å². The average Bonchev–Trinajstić information content (AvgIpc) is 3.02. The Morgan fingerprint density at radius 2 is 2.09 bits per heavy atom. The first-order valence-electron chi connectivity index (χ1n) is 7.13. The molecule has 0 atom stereocenters. The van der Waals surface area contributed by atoms with E-state index in [1.807, 2.05) is 6.92 Å². The fraction of sp³-hybridized carbons (Fsp3) is 0.312. The van der Waals surface area contributed by atoms with Gasteiger partial charge in [0.1, 0.15) is 10.8 Å². The van der Waals surface area contributed by atoms with Crippen LogP contribution < -0.4 is 0 Å². The van der Waals surface area contributed by atoms with Gasteiger partial charge >= 0.3 is 5.97 Å². The summed E-state index contributed by atoms with van der Waals surface area (Å²) in [6.45, 7) is 2.63. The lowest BCUT2D eigenvalue weighted by molar-refractivity contribution is 0.0594. The fourth-order valence-corrected chi connectivity index (χ4v) is 2.85. The Labute approximate surface area is 137 Å². The Kier molecular flexibility index (Phi) is 5.81. The summed E-state index contributed by atoms with van der Waals surface area (Å²) in [5.74, 6) is -1.46. The first kappa shape index (κ1) is 17.1. The van der Waals surface area contributed by atoms with Crippen molar-refractivity contribution in [3.63, 3.8) is 0 Å². The Bertz CT molecular complexity index is 702. The molecule has 1 heterocycles. The molecule has 5 nitrogen and oxygen atoms in total. The summed E-state index contributed by atoms with van der Waals surface area (Å²) in [4.78, 5) is 29.6. The van der Waals surface area contributed by atoms with Gasteiger partial charge in [0.25, 0.3) is 5.91 Å². The molecule has 0 bridgehead atoms. The third kappa shape index (κ3) is 4.13. The molecule has 1 aromatic heterocycles. The van der Waals surface area contributed by atoms with Gasteiger partial charge in [-0.25, -0.2) is 14.2 Å². The third-order valence-corrected chi connectivity index (χ3v) is 3.99. The van der Waals surface area contributed by atoms with Gasteiger partial charge in [-0.2, -0.15) is 0 Å². The monoisotopic (exact) mass is 336 g/mol. The first-order chi connectivity index (χ1) is 11.1. The maximum atomic E-state index is 13.8. The molecule has 0 radical (unpaired) electrons.